The molecule has 0 aliphatic carbocycles. The summed E-state index contributed by atoms with van der Waals surface area (Å²) in [4.78, 5) is 0. The molecule has 0 bridgehead atoms. The van der Waals surface area contributed by atoms with Gasteiger partial charge in [-0.25, -0.2) is 0 Å². The van der Waals surface area contributed by atoms with Crippen molar-refractivity contribution in [3.8, 4) is 5.69 Å². The highest BCUT2D eigenvalue weighted by atomic mass is 28.3. The number of hydrogen-bond acceptors (Lipinski definition) is 0. The van der Waals surface area contributed by atoms with E-state index < -0.39 is 8.07 Å². The monoisotopic (exact) mass is 439 g/mol. The Morgan fingerprint density at radius 2 is 0.909 bits per heavy atom. The van der Waals surface area contributed by atoms with Gasteiger partial charge in [0.25, 0.3) is 0 Å². The molecule has 2 heteroatoms. The van der Waals surface area contributed by atoms with Gasteiger partial charge in [0.1, 0.15) is 8.07 Å². The molecule has 0 aliphatic heterocycles. The molecule has 0 N–H and O–H groups in total. The largest absolute Gasteiger partial charge is 0.309 e. The molecule has 5 aromatic carbocycles. The summed E-state index contributed by atoms with van der Waals surface area (Å²) in [7, 11) is -2.17. The van der Waals surface area contributed by atoms with Crippen molar-refractivity contribution in [3.05, 3.63) is 133 Å². The summed E-state index contributed by atoms with van der Waals surface area (Å²) >= 11 is 0. The molecule has 1 heterocycles. The molecule has 0 radical (unpaired) electrons. The van der Waals surface area contributed by atoms with E-state index in [-0.39, 0.29) is 0 Å². The minimum atomic E-state index is -2.17. The molecule has 6 rings (SSSR count). The van der Waals surface area contributed by atoms with Crippen molar-refractivity contribution in [2.45, 2.75) is 6.55 Å². The molecule has 0 aliphatic rings. The van der Waals surface area contributed by atoms with E-state index in [2.05, 4.69) is 145 Å². The van der Waals surface area contributed by atoms with Gasteiger partial charge in [-0.2, -0.15) is 0 Å². The van der Waals surface area contributed by atoms with Crippen LogP contribution in [0.4, 0.5) is 0 Å². The van der Waals surface area contributed by atoms with Crippen LogP contribution in [0.2, 0.25) is 6.55 Å². The molecule has 6 aromatic rings. The Bertz CT molecular complexity index is 1470. The quantitative estimate of drug-likeness (QED) is 0.239. The van der Waals surface area contributed by atoms with E-state index in [0.717, 1.165) is 0 Å². The standard InChI is InChI=1S/C31H25NSi/c1-33(25-14-4-2-5-15-25,26-16-6-3-7-17-26)27-18-12-13-24(23-27)32-30-21-10-8-19-28(30)29-20-9-11-22-31(29)32/h2-23H,1H3. The Hall–Kier alpha value is -3.88. The molecular weight excluding hydrogens is 414 g/mol. The lowest BCUT2D eigenvalue weighted by Gasteiger charge is -2.30. The fourth-order valence-electron chi connectivity index (χ4n) is 5.20. The molecule has 0 fully saturated rings. The summed E-state index contributed by atoms with van der Waals surface area (Å²) < 4.78 is 2.42. The van der Waals surface area contributed by atoms with Gasteiger partial charge >= 0.3 is 0 Å². The molecule has 0 saturated carbocycles. The first-order chi connectivity index (χ1) is 16.3. The first-order valence-corrected chi connectivity index (χ1v) is 14.0. The van der Waals surface area contributed by atoms with Gasteiger partial charge in [-0.15, -0.1) is 0 Å². The molecule has 158 valence electrons. The lowest BCUT2D eigenvalue weighted by molar-refractivity contribution is 1.18. The highest BCUT2D eigenvalue weighted by Crippen LogP contribution is 2.31. The third-order valence-electron chi connectivity index (χ3n) is 6.96. The van der Waals surface area contributed by atoms with Gasteiger partial charge in [-0.05, 0) is 39.8 Å². The predicted octanol–water partition coefficient (Wildman–Crippen LogP) is 5.88. The summed E-state index contributed by atoms with van der Waals surface area (Å²) in [5, 5.41) is 6.86. The number of aromatic nitrogens is 1. The van der Waals surface area contributed by atoms with Crippen LogP contribution < -0.4 is 15.6 Å². The zero-order chi connectivity index (χ0) is 22.3. The summed E-state index contributed by atoms with van der Waals surface area (Å²) in [6, 6.07) is 48.7. The topological polar surface area (TPSA) is 4.93 Å². The molecule has 1 nitrogen and oxygen atoms in total. The van der Waals surface area contributed by atoms with Crippen LogP contribution in [0.25, 0.3) is 27.5 Å². The number of hydrogen-bond donors (Lipinski definition) is 0. The maximum absolute atomic E-state index is 2.47. The number of fused-ring (bicyclic) bond motifs is 3. The Kier molecular flexibility index (Phi) is 4.74. The second kappa shape index (κ2) is 7.91. The maximum atomic E-state index is 2.47. The molecule has 1 aromatic heterocycles. The second-order valence-electron chi connectivity index (χ2n) is 8.78. The molecule has 0 spiro atoms. The smallest absolute Gasteiger partial charge is 0.145 e. The summed E-state index contributed by atoms with van der Waals surface area (Å²) in [6.07, 6.45) is 0. The van der Waals surface area contributed by atoms with Crippen molar-refractivity contribution in [2.75, 3.05) is 0 Å². The Morgan fingerprint density at radius 1 is 0.455 bits per heavy atom. The van der Waals surface area contributed by atoms with E-state index >= 15 is 0 Å². The van der Waals surface area contributed by atoms with Crippen molar-refractivity contribution < 1.29 is 0 Å². The Morgan fingerprint density at radius 3 is 1.45 bits per heavy atom. The summed E-state index contributed by atoms with van der Waals surface area (Å²) in [6.45, 7) is 2.47. The number of rotatable bonds is 4. The Balaban J connectivity index is 1.63. The SMILES string of the molecule is C[Si](c1ccccc1)(c1ccccc1)c1cccc(-n2c3ccccc3c3ccccc32)c1. The van der Waals surface area contributed by atoms with E-state index in [4.69, 9.17) is 0 Å². The molecule has 33 heavy (non-hydrogen) atoms. The van der Waals surface area contributed by atoms with Crippen LogP contribution >= 0.6 is 0 Å². The van der Waals surface area contributed by atoms with Crippen LogP contribution in [0.1, 0.15) is 0 Å². The van der Waals surface area contributed by atoms with Crippen molar-refractivity contribution in [1.82, 2.24) is 4.57 Å². The van der Waals surface area contributed by atoms with E-state index in [1.54, 1.807) is 0 Å². The van der Waals surface area contributed by atoms with Crippen molar-refractivity contribution in [2.24, 2.45) is 0 Å². The van der Waals surface area contributed by atoms with E-state index in [1.165, 1.54) is 43.1 Å². The predicted molar refractivity (Wildman–Crippen MR) is 144 cm³/mol. The molecule has 0 unspecified atom stereocenters. The highest BCUT2D eigenvalue weighted by Gasteiger charge is 2.34. The number of nitrogens with zero attached hydrogens (tertiary/aromatic N) is 1. The van der Waals surface area contributed by atoms with E-state index in [0.29, 0.717) is 0 Å². The highest BCUT2D eigenvalue weighted by molar-refractivity contribution is 7.10. The van der Waals surface area contributed by atoms with Gasteiger partial charge in [0, 0.05) is 16.5 Å². The van der Waals surface area contributed by atoms with Gasteiger partial charge in [0.2, 0.25) is 0 Å². The van der Waals surface area contributed by atoms with Crippen molar-refractivity contribution in [1.29, 1.82) is 0 Å². The average Bonchev–Trinajstić information content (AvgIpc) is 3.24. The summed E-state index contributed by atoms with van der Waals surface area (Å²) in [5.74, 6) is 0. The van der Waals surface area contributed by atoms with Crippen LogP contribution in [-0.4, -0.2) is 12.6 Å². The Labute approximate surface area is 195 Å². The van der Waals surface area contributed by atoms with Crippen LogP contribution in [0.15, 0.2) is 133 Å². The summed E-state index contributed by atoms with van der Waals surface area (Å²) in [5.41, 5.74) is 3.72. The van der Waals surface area contributed by atoms with Crippen molar-refractivity contribution >= 4 is 45.4 Å². The second-order valence-corrected chi connectivity index (χ2v) is 12.8. The third-order valence-corrected chi connectivity index (χ3v) is 11.4. The first kappa shape index (κ1) is 19.8. The first-order valence-electron chi connectivity index (χ1n) is 11.5. The van der Waals surface area contributed by atoms with Gasteiger partial charge < -0.3 is 4.57 Å². The fourth-order valence-corrected chi connectivity index (χ4v) is 8.78. The van der Waals surface area contributed by atoms with E-state index in [9.17, 15) is 0 Å². The lowest BCUT2D eigenvalue weighted by atomic mass is 10.2. The molecule has 0 amide bonds. The van der Waals surface area contributed by atoms with Crippen LogP contribution in [-0.2, 0) is 0 Å². The van der Waals surface area contributed by atoms with Crippen LogP contribution in [0, 0.1) is 0 Å². The maximum Gasteiger partial charge on any atom is 0.145 e. The van der Waals surface area contributed by atoms with Gasteiger partial charge in [-0.3, -0.25) is 0 Å². The van der Waals surface area contributed by atoms with Crippen LogP contribution in [0.3, 0.4) is 0 Å². The third kappa shape index (κ3) is 3.14. The molecule has 0 saturated heterocycles. The van der Waals surface area contributed by atoms with Gasteiger partial charge in [0.05, 0.1) is 11.0 Å². The van der Waals surface area contributed by atoms with Gasteiger partial charge in [0.15, 0.2) is 0 Å². The van der Waals surface area contributed by atoms with E-state index in [1.807, 2.05) is 0 Å². The zero-order valence-electron chi connectivity index (χ0n) is 18.6. The van der Waals surface area contributed by atoms with Crippen molar-refractivity contribution in [3.63, 3.8) is 0 Å². The molecular formula is C31H25NSi. The number of benzene rings is 5. The normalized spacial score (nSPS) is 11.8. The van der Waals surface area contributed by atoms with Crippen LogP contribution in [0.5, 0.6) is 0 Å². The zero-order valence-corrected chi connectivity index (χ0v) is 19.6. The minimum Gasteiger partial charge on any atom is -0.309 e. The van der Waals surface area contributed by atoms with Gasteiger partial charge in [-0.1, -0.05) is 116 Å². The number of para-hydroxylation sites is 2. The fraction of sp³-hybridized carbons (Fsp3) is 0.0323. The minimum absolute atomic E-state index is 1.22. The lowest BCUT2D eigenvalue weighted by Crippen LogP contribution is -2.64. The molecule has 0 atom stereocenters. The average molecular weight is 440 g/mol.